The average molecular weight is 408 g/mol. The molecule has 1 saturated heterocycles. The van der Waals surface area contributed by atoms with Crippen molar-refractivity contribution in [3.8, 4) is 0 Å². The third kappa shape index (κ3) is 4.43. The van der Waals surface area contributed by atoms with E-state index >= 15 is 0 Å². The van der Waals surface area contributed by atoms with Gasteiger partial charge in [-0.2, -0.15) is 0 Å². The Hall–Kier alpha value is -1.24. The molecule has 2 aromatic rings. The van der Waals surface area contributed by atoms with Crippen LogP contribution in [-0.4, -0.2) is 35.4 Å². The minimum absolute atomic E-state index is 0.0734. The molecule has 4 nitrogen and oxygen atoms in total. The molecule has 24 heavy (non-hydrogen) atoms. The highest BCUT2D eigenvalue weighted by Gasteiger charge is 2.25. The SMILES string of the molecule is CC1CCN([C@H](CNC(=O)c2cncc(Br)c2)c2cccs2)CC1. The van der Waals surface area contributed by atoms with Gasteiger partial charge in [-0.05, 0) is 65.3 Å². The van der Waals surface area contributed by atoms with E-state index in [4.69, 9.17) is 0 Å². The van der Waals surface area contributed by atoms with Gasteiger partial charge in [0.05, 0.1) is 11.6 Å². The fourth-order valence-electron chi connectivity index (χ4n) is 3.06. The summed E-state index contributed by atoms with van der Waals surface area (Å²) in [7, 11) is 0. The Balaban J connectivity index is 1.67. The van der Waals surface area contributed by atoms with Crippen LogP contribution in [0.1, 0.15) is 41.0 Å². The number of nitrogens with zero attached hydrogens (tertiary/aromatic N) is 2. The number of nitrogens with one attached hydrogen (secondary N) is 1. The van der Waals surface area contributed by atoms with Gasteiger partial charge in [0.1, 0.15) is 0 Å². The lowest BCUT2D eigenvalue weighted by Gasteiger charge is -2.36. The quantitative estimate of drug-likeness (QED) is 0.810. The Morgan fingerprint density at radius 2 is 2.25 bits per heavy atom. The van der Waals surface area contributed by atoms with E-state index in [1.165, 1.54) is 17.7 Å². The van der Waals surface area contributed by atoms with Gasteiger partial charge in [0, 0.05) is 28.3 Å². The second kappa shape index (κ2) is 8.23. The molecule has 1 N–H and O–H groups in total. The van der Waals surface area contributed by atoms with Gasteiger partial charge in [0.25, 0.3) is 5.91 Å². The molecule has 1 aliphatic heterocycles. The summed E-state index contributed by atoms with van der Waals surface area (Å²) in [5.41, 5.74) is 0.585. The molecule has 0 aromatic carbocycles. The molecule has 6 heteroatoms. The van der Waals surface area contributed by atoms with E-state index < -0.39 is 0 Å². The van der Waals surface area contributed by atoms with Crippen molar-refractivity contribution in [1.29, 1.82) is 0 Å². The number of hydrogen-bond donors (Lipinski definition) is 1. The van der Waals surface area contributed by atoms with Crippen molar-refractivity contribution in [2.24, 2.45) is 5.92 Å². The maximum Gasteiger partial charge on any atom is 0.252 e. The number of rotatable bonds is 5. The average Bonchev–Trinajstić information content (AvgIpc) is 3.11. The van der Waals surface area contributed by atoms with Crippen LogP contribution in [0.3, 0.4) is 0 Å². The van der Waals surface area contributed by atoms with Crippen LogP contribution in [0.15, 0.2) is 40.4 Å². The second-order valence-corrected chi connectivity index (χ2v) is 8.25. The maximum atomic E-state index is 12.4. The number of hydrogen-bond acceptors (Lipinski definition) is 4. The fourth-order valence-corrected chi connectivity index (χ4v) is 4.28. The molecule has 1 amide bonds. The first-order valence-electron chi connectivity index (χ1n) is 8.29. The summed E-state index contributed by atoms with van der Waals surface area (Å²) < 4.78 is 0.815. The molecule has 3 heterocycles. The lowest BCUT2D eigenvalue weighted by atomic mass is 9.97. The van der Waals surface area contributed by atoms with Crippen LogP contribution in [0.2, 0.25) is 0 Å². The van der Waals surface area contributed by atoms with Crippen molar-refractivity contribution in [2.45, 2.75) is 25.8 Å². The van der Waals surface area contributed by atoms with E-state index in [2.05, 4.69) is 55.6 Å². The smallest absolute Gasteiger partial charge is 0.252 e. The number of piperidine rings is 1. The van der Waals surface area contributed by atoms with Crippen molar-refractivity contribution in [3.63, 3.8) is 0 Å². The van der Waals surface area contributed by atoms with Crippen molar-refractivity contribution in [3.05, 3.63) is 50.9 Å². The molecule has 3 rings (SSSR count). The summed E-state index contributed by atoms with van der Waals surface area (Å²) in [6.07, 6.45) is 5.74. The van der Waals surface area contributed by atoms with E-state index in [0.717, 1.165) is 23.5 Å². The van der Waals surface area contributed by atoms with E-state index in [0.29, 0.717) is 12.1 Å². The standard InChI is InChI=1S/C18H22BrN3OS/c1-13-4-6-22(7-5-13)16(17-3-2-8-24-17)12-21-18(23)14-9-15(19)11-20-10-14/h2-3,8-11,13,16H,4-7,12H2,1H3,(H,21,23)/t16-/m1/s1. The Morgan fingerprint density at radius 1 is 1.46 bits per heavy atom. The summed E-state index contributed by atoms with van der Waals surface area (Å²) in [6.45, 7) is 5.13. The molecule has 1 fully saturated rings. The zero-order chi connectivity index (χ0) is 16.9. The fraction of sp³-hybridized carbons (Fsp3) is 0.444. The summed E-state index contributed by atoms with van der Waals surface area (Å²) in [5, 5.41) is 5.19. The van der Waals surface area contributed by atoms with Crippen molar-refractivity contribution < 1.29 is 4.79 Å². The van der Waals surface area contributed by atoms with Crippen LogP contribution >= 0.6 is 27.3 Å². The molecular weight excluding hydrogens is 386 g/mol. The van der Waals surface area contributed by atoms with Crippen molar-refractivity contribution >= 4 is 33.2 Å². The zero-order valence-corrected chi connectivity index (χ0v) is 16.1. The minimum Gasteiger partial charge on any atom is -0.350 e. The Bertz CT molecular complexity index is 669. The summed E-state index contributed by atoms with van der Waals surface area (Å²) in [4.78, 5) is 20.3. The number of pyridine rings is 1. The van der Waals surface area contributed by atoms with Crippen LogP contribution < -0.4 is 5.32 Å². The molecule has 0 aliphatic carbocycles. The molecule has 0 unspecified atom stereocenters. The first-order valence-corrected chi connectivity index (χ1v) is 9.97. The van der Waals surface area contributed by atoms with Gasteiger partial charge < -0.3 is 5.32 Å². The highest BCUT2D eigenvalue weighted by atomic mass is 79.9. The van der Waals surface area contributed by atoms with Crippen LogP contribution in [0, 0.1) is 5.92 Å². The van der Waals surface area contributed by atoms with Crippen LogP contribution in [0.25, 0.3) is 0 Å². The number of carbonyl (C=O) groups is 1. The van der Waals surface area contributed by atoms with Crippen LogP contribution in [0.4, 0.5) is 0 Å². The topological polar surface area (TPSA) is 45.2 Å². The molecular formula is C18H22BrN3OS. The monoisotopic (exact) mass is 407 g/mol. The zero-order valence-electron chi connectivity index (χ0n) is 13.7. The second-order valence-electron chi connectivity index (χ2n) is 6.35. The maximum absolute atomic E-state index is 12.4. The summed E-state index contributed by atoms with van der Waals surface area (Å²) in [6, 6.07) is 6.30. The van der Waals surface area contributed by atoms with E-state index in [1.807, 2.05) is 0 Å². The van der Waals surface area contributed by atoms with Crippen LogP contribution in [-0.2, 0) is 0 Å². The van der Waals surface area contributed by atoms with Crippen molar-refractivity contribution in [2.75, 3.05) is 19.6 Å². The number of carbonyl (C=O) groups excluding carboxylic acids is 1. The molecule has 1 aliphatic rings. The Morgan fingerprint density at radius 3 is 2.92 bits per heavy atom. The normalized spacial score (nSPS) is 17.6. The lowest BCUT2D eigenvalue weighted by Crippen LogP contribution is -2.41. The Labute approximate surface area is 155 Å². The molecule has 0 spiro atoms. The van der Waals surface area contributed by atoms with Gasteiger partial charge >= 0.3 is 0 Å². The van der Waals surface area contributed by atoms with Crippen molar-refractivity contribution in [1.82, 2.24) is 15.2 Å². The number of likely N-dealkylation sites (tertiary alicyclic amines) is 1. The molecule has 128 valence electrons. The van der Waals surface area contributed by atoms with Gasteiger partial charge in [0.2, 0.25) is 0 Å². The molecule has 0 radical (unpaired) electrons. The summed E-state index contributed by atoms with van der Waals surface area (Å²) >= 11 is 5.12. The first kappa shape index (κ1) is 17.6. The minimum atomic E-state index is -0.0734. The third-order valence-electron chi connectivity index (χ3n) is 4.55. The van der Waals surface area contributed by atoms with E-state index in [-0.39, 0.29) is 11.9 Å². The first-order chi connectivity index (χ1) is 11.6. The predicted molar refractivity (Wildman–Crippen MR) is 101 cm³/mol. The largest absolute Gasteiger partial charge is 0.350 e. The number of halogens is 1. The molecule has 2 aromatic heterocycles. The van der Waals surface area contributed by atoms with Gasteiger partial charge in [-0.1, -0.05) is 13.0 Å². The summed E-state index contributed by atoms with van der Waals surface area (Å²) in [5.74, 6) is 0.725. The highest BCUT2D eigenvalue weighted by Crippen LogP contribution is 2.29. The van der Waals surface area contributed by atoms with Crippen LogP contribution in [0.5, 0.6) is 0 Å². The molecule has 0 bridgehead atoms. The number of aromatic nitrogens is 1. The Kier molecular flexibility index (Phi) is 6.03. The highest BCUT2D eigenvalue weighted by molar-refractivity contribution is 9.10. The number of thiophene rings is 1. The van der Waals surface area contributed by atoms with Gasteiger partial charge in [-0.15, -0.1) is 11.3 Å². The van der Waals surface area contributed by atoms with Gasteiger partial charge in [0.15, 0.2) is 0 Å². The molecule has 1 atom stereocenters. The molecule has 0 saturated carbocycles. The van der Waals surface area contributed by atoms with Gasteiger partial charge in [-0.3, -0.25) is 14.7 Å². The van der Waals surface area contributed by atoms with E-state index in [1.54, 1.807) is 29.8 Å². The van der Waals surface area contributed by atoms with Gasteiger partial charge in [-0.25, -0.2) is 0 Å². The van der Waals surface area contributed by atoms with E-state index in [9.17, 15) is 4.79 Å². The lowest BCUT2D eigenvalue weighted by molar-refractivity contribution is 0.0914. The number of amides is 1. The predicted octanol–water partition coefficient (Wildman–Crippen LogP) is 4.11. The third-order valence-corrected chi connectivity index (χ3v) is 5.96.